The molecule has 0 radical (unpaired) electrons. The summed E-state index contributed by atoms with van der Waals surface area (Å²) in [7, 11) is 0. The Labute approximate surface area is 89.3 Å². The fourth-order valence-electron chi connectivity index (χ4n) is 1.21. The molecule has 78 valence electrons. The van der Waals surface area contributed by atoms with Crippen molar-refractivity contribution >= 4 is 11.8 Å². The van der Waals surface area contributed by atoms with Crippen molar-refractivity contribution in [3.05, 3.63) is 29.8 Å². The zero-order valence-corrected chi connectivity index (χ0v) is 9.22. The van der Waals surface area contributed by atoms with Crippen molar-refractivity contribution in [3.8, 4) is 5.75 Å². The summed E-state index contributed by atoms with van der Waals surface area (Å²) in [5, 5.41) is 8.86. The molecule has 0 heterocycles. The summed E-state index contributed by atoms with van der Waals surface area (Å²) in [5.74, 6) is 1.89. The zero-order valence-electron chi connectivity index (χ0n) is 8.40. The van der Waals surface area contributed by atoms with Crippen LogP contribution in [0.4, 0.5) is 0 Å². The van der Waals surface area contributed by atoms with Gasteiger partial charge in [0, 0.05) is 12.4 Å². The number of hydrogen-bond donors (Lipinski definition) is 1. The van der Waals surface area contributed by atoms with Gasteiger partial charge < -0.3 is 9.84 Å². The Morgan fingerprint density at radius 3 is 2.86 bits per heavy atom. The minimum absolute atomic E-state index is 0.170. The molecule has 14 heavy (non-hydrogen) atoms. The standard InChI is InChI=1S/C11H16O2S/c1-14-9-8-13-11-5-3-2-4-10(11)6-7-12/h2-5,12H,6-9H2,1H3. The molecule has 0 spiro atoms. The van der Waals surface area contributed by atoms with Crippen LogP contribution in [-0.2, 0) is 6.42 Å². The maximum Gasteiger partial charge on any atom is 0.122 e. The van der Waals surface area contributed by atoms with Crippen LogP contribution in [-0.4, -0.2) is 30.3 Å². The lowest BCUT2D eigenvalue weighted by Crippen LogP contribution is -2.03. The highest BCUT2D eigenvalue weighted by molar-refractivity contribution is 7.98. The Bertz CT molecular complexity index is 263. The van der Waals surface area contributed by atoms with Gasteiger partial charge in [-0.25, -0.2) is 0 Å². The molecule has 1 aromatic rings. The van der Waals surface area contributed by atoms with E-state index in [0.29, 0.717) is 6.42 Å². The smallest absolute Gasteiger partial charge is 0.122 e. The third-order valence-electron chi connectivity index (χ3n) is 1.90. The molecule has 3 heteroatoms. The molecular formula is C11H16O2S. The number of benzene rings is 1. The van der Waals surface area contributed by atoms with Crippen LogP contribution in [0.25, 0.3) is 0 Å². The van der Waals surface area contributed by atoms with E-state index < -0.39 is 0 Å². The molecule has 0 fully saturated rings. The molecule has 0 unspecified atom stereocenters. The van der Waals surface area contributed by atoms with E-state index in [0.717, 1.165) is 23.7 Å². The van der Waals surface area contributed by atoms with Crippen LogP contribution in [0.5, 0.6) is 5.75 Å². The van der Waals surface area contributed by atoms with Crippen molar-refractivity contribution in [1.29, 1.82) is 0 Å². The number of rotatable bonds is 6. The van der Waals surface area contributed by atoms with E-state index in [4.69, 9.17) is 9.84 Å². The quantitative estimate of drug-likeness (QED) is 0.731. The van der Waals surface area contributed by atoms with E-state index in [-0.39, 0.29) is 6.61 Å². The minimum atomic E-state index is 0.170. The van der Waals surface area contributed by atoms with Gasteiger partial charge in [-0.2, -0.15) is 11.8 Å². The van der Waals surface area contributed by atoms with E-state index in [1.54, 1.807) is 11.8 Å². The summed E-state index contributed by atoms with van der Waals surface area (Å²) in [6.45, 7) is 0.895. The lowest BCUT2D eigenvalue weighted by Gasteiger charge is -2.09. The summed E-state index contributed by atoms with van der Waals surface area (Å²) in [6.07, 6.45) is 2.72. The van der Waals surface area contributed by atoms with Gasteiger partial charge in [-0.1, -0.05) is 18.2 Å². The van der Waals surface area contributed by atoms with Crippen LogP contribution in [0, 0.1) is 0 Å². The molecule has 0 aliphatic rings. The minimum Gasteiger partial charge on any atom is -0.492 e. The molecule has 0 aromatic heterocycles. The van der Waals surface area contributed by atoms with Gasteiger partial charge in [-0.05, 0) is 24.3 Å². The topological polar surface area (TPSA) is 29.5 Å². The first-order chi connectivity index (χ1) is 6.88. The predicted octanol–water partition coefficient (Wildman–Crippen LogP) is 1.96. The number of hydrogen-bond acceptors (Lipinski definition) is 3. The molecule has 0 saturated carbocycles. The monoisotopic (exact) mass is 212 g/mol. The van der Waals surface area contributed by atoms with E-state index in [1.807, 2.05) is 24.3 Å². The van der Waals surface area contributed by atoms with Gasteiger partial charge in [0.25, 0.3) is 0 Å². The highest BCUT2D eigenvalue weighted by Crippen LogP contribution is 2.18. The van der Waals surface area contributed by atoms with Crippen LogP contribution in [0.1, 0.15) is 5.56 Å². The maximum absolute atomic E-state index is 8.86. The number of thioether (sulfide) groups is 1. The van der Waals surface area contributed by atoms with Crippen molar-refractivity contribution in [2.75, 3.05) is 25.2 Å². The summed E-state index contributed by atoms with van der Waals surface area (Å²) >= 11 is 1.77. The predicted molar refractivity (Wildman–Crippen MR) is 61.1 cm³/mol. The number of ether oxygens (including phenoxy) is 1. The first-order valence-corrected chi connectivity index (χ1v) is 6.08. The van der Waals surface area contributed by atoms with Crippen molar-refractivity contribution in [2.45, 2.75) is 6.42 Å². The fourth-order valence-corrected chi connectivity index (χ4v) is 1.46. The Morgan fingerprint density at radius 1 is 1.36 bits per heavy atom. The second-order valence-corrected chi connectivity index (χ2v) is 3.91. The van der Waals surface area contributed by atoms with Crippen LogP contribution >= 0.6 is 11.8 Å². The average Bonchev–Trinajstić information content (AvgIpc) is 2.21. The van der Waals surface area contributed by atoms with E-state index >= 15 is 0 Å². The van der Waals surface area contributed by atoms with Crippen LogP contribution in [0.2, 0.25) is 0 Å². The van der Waals surface area contributed by atoms with E-state index in [9.17, 15) is 0 Å². The first-order valence-electron chi connectivity index (χ1n) is 4.69. The normalized spacial score (nSPS) is 10.1. The second kappa shape index (κ2) is 6.74. The summed E-state index contributed by atoms with van der Waals surface area (Å²) < 4.78 is 5.60. The van der Waals surface area contributed by atoms with E-state index in [2.05, 4.69) is 6.26 Å². The van der Waals surface area contributed by atoms with Gasteiger partial charge in [0.05, 0.1) is 6.61 Å². The molecule has 1 aromatic carbocycles. The summed E-state index contributed by atoms with van der Waals surface area (Å²) in [5.41, 5.74) is 1.08. The fraction of sp³-hybridized carbons (Fsp3) is 0.455. The van der Waals surface area contributed by atoms with E-state index in [1.165, 1.54) is 0 Å². The van der Waals surface area contributed by atoms with Crippen LogP contribution in [0.3, 0.4) is 0 Å². The van der Waals surface area contributed by atoms with Gasteiger partial charge in [-0.3, -0.25) is 0 Å². The number of aliphatic hydroxyl groups excluding tert-OH is 1. The summed E-state index contributed by atoms with van der Waals surface area (Å²) in [4.78, 5) is 0. The highest BCUT2D eigenvalue weighted by atomic mass is 32.2. The van der Waals surface area contributed by atoms with Gasteiger partial charge in [0.15, 0.2) is 0 Å². The molecule has 0 aliphatic heterocycles. The third kappa shape index (κ3) is 3.60. The molecule has 0 aliphatic carbocycles. The third-order valence-corrected chi connectivity index (χ3v) is 2.47. The molecule has 2 nitrogen and oxygen atoms in total. The van der Waals surface area contributed by atoms with Gasteiger partial charge in [0.2, 0.25) is 0 Å². The maximum atomic E-state index is 8.86. The molecular weight excluding hydrogens is 196 g/mol. The SMILES string of the molecule is CSCCOc1ccccc1CCO. The lowest BCUT2D eigenvalue weighted by molar-refractivity contribution is 0.293. The first kappa shape index (κ1) is 11.4. The van der Waals surface area contributed by atoms with Gasteiger partial charge in [-0.15, -0.1) is 0 Å². The number of para-hydroxylation sites is 1. The average molecular weight is 212 g/mol. The summed E-state index contributed by atoms with van der Waals surface area (Å²) in [6, 6.07) is 7.86. The Morgan fingerprint density at radius 2 is 2.14 bits per heavy atom. The zero-order chi connectivity index (χ0) is 10.2. The highest BCUT2D eigenvalue weighted by Gasteiger charge is 2.01. The largest absolute Gasteiger partial charge is 0.492 e. The van der Waals surface area contributed by atoms with Crippen molar-refractivity contribution in [1.82, 2.24) is 0 Å². The van der Waals surface area contributed by atoms with Gasteiger partial charge >= 0.3 is 0 Å². The molecule has 0 amide bonds. The van der Waals surface area contributed by atoms with Crippen LogP contribution in [0.15, 0.2) is 24.3 Å². The lowest BCUT2D eigenvalue weighted by atomic mass is 10.1. The molecule has 0 saturated heterocycles. The van der Waals surface area contributed by atoms with Crippen LogP contribution < -0.4 is 4.74 Å². The molecule has 0 atom stereocenters. The molecule has 1 rings (SSSR count). The Balaban J connectivity index is 2.55. The second-order valence-electron chi connectivity index (χ2n) is 2.92. The molecule has 0 bridgehead atoms. The van der Waals surface area contributed by atoms with Crippen molar-refractivity contribution < 1.29 is 9.84 Å². The van der Waals surface area contributed by atoms with Crippen molar-refractivity contribution in [3.63, 3.8) is 0 Å². The number of aliphatic hydroxyl groups is 1. The molecule has 1 N–H and O–H groups in total. The van der Waals surface area contributed by atoms with Gasteiger partial charge in [0.1, 0.15) is 5.75 Å². The Kier molecular flexibility index (Phi) is 5.49. The Hall–Kier alpha value is -0.670. The van der Waals surface area contributed by atoms with Crippen molar-refractivity contribution in [2.24, 2.45) is 0 Å².